The van der Waals surface area contributed by atoms with Crippen molar-refractivity contribution in [2.24, 2.45) is 5.10 Å². The zero-order valence-corrected chi connectivity index (χ0v) is 20.5. The second-order valence-electron chi connectivity index (χ2n) is 6.76. The number of carbonyl (C=O) groups is 1. The standard InChI is InChI=1S/C23H22IN3O4S/c1-17(18-8-10-19(24)11-9-18)25-26-23(28)16-27(20-12-14-21(31-2)15-13-20)32(29,30)22-6-4-3-5-7-22/h3-15H,16H2,1-2H3,(H,26,28)/b25-17-. The minimum absolute atomic E-state index is 0.0854. The van der Waals surface area contributed by atoms with Gasteiger partial charge < -0.3 is 4.74 Å². The molecular formula is C23H22IN3O4S. The van der Waals surface area contributed by atoms with Crippen LogP contribution in [0.15, 0.2) is 88.9 Å². The van der Waals surface area contributed by atoms with Gasteiger partial charge in [-0.3, -0.25) is 9.10 Å². The molecule has 0 aliphatic heterocycles. The molecule has 0 heterocycles. The maximum Gasteiger partial charge on any atom is 0.264 e. The third-order valence-electron chi connectivity index (χ3n) is 4.59. The second-order valence-corrected chi connectivity index (χ2v) is 9.87. The van der Waals surface area contributed by atoms with Crippen molar-refractivity contribution in [2.75, 3.05) is 18.0 Å². The smallest absolute Gasteiger partial charge is 0.264 e. The lowest BCUT2D eigenvalue weighted by molar-refractivity contribution is -0.119. The molecule has 0 saturated carbocycles. The van der Waals surface area contributed by atoms with E-state index in [4.69, 9.17) is 4.74 Å². The third-order valence-corrected chi connectivity index (χ3v) is 7.10. The Labute approximate surface area is 201 Å². The van der Waals surface area contributed by atoms with E-state index in [-0.39, 0.29) is 4.90 Å². The Morgan fingerprint density at radius 1 is 1.00 bits per heavy atom. The number of sulfonamides is 1. The highest BCUT2D eigenvalue weighted by atomic mass is 127. The molecule has 0 unspecified atom stereocenters. The number of hydrogen-bond acceptors (Lipinski definition) is 5. The molecule has 0 radical (unpaired) electrons. The van der Waals surface area contributed by atoms with E-state index in [0.717, 1.165) is 13.4 Å². The van der Waals surface area contributed by atoms with Gasteiger partial charge in [-0.25, -0.2) is 13.8 Å². The first-order valence-corrected chi connectivity index (χ1v) is 12.1. The van der Waals surface area contributed by atoms with E-state index in [1.54, 1.807) is 49.4 Å². The minimum Gasteiger partial charge on any atom is -0.497 e. The topological polar surface area (TPSA) is 88.1 Å². The van der Waals surface area contributed by atoms with Crippen molar-refractivity contribution >= 4 is 49.9 Å². The Morgan fingerprint density at radius 3 is 2.22 bits per heavy atom. The highest BCUT2D eigenvalue weighted by Crippen LogP contribution is 2.25. The number of carbonyl (C=O) groups excluding carboxylic acids is 1. The molecule has 0 atom stereocenters. The Bertz CT molecular complexity index is 1200. The number of ether oxygens (including phenoxy) is 1. The van der Waals surface area contributed by atoms with Crippen LogP contribution in [0.1, 0.15) is 12.5 Å². The summed E-state index contributed by atoms with van der Waals surface area (Å²) in [6, 6.07) is 22.1. The summed E-state index contributed by atoms with van der Waals surface area (Å²) in [5.41, 5.74) is 4.26. The highest BCUT2D eigenvalue weighted by Gasteiger charge is 2.27. The number of anilines is 1. The van der Waals surface area contributed by atoms with Gasteiger partial charge in [-0.1, -0.05) is 30.3 Å². The average molecular weight is 563 g/mol. The summed E-state index contributed by atoms with van der Waals surface area (Å²) >= 11 is 2.21. The van der Waals surface area contributed by atoms with Gasteiger partial charge in [0.25, 0.3) is 15.9 Å². The van der Waals surface area contributed by atoms with Crippen molar-refractivity contribution in [1.29, 1.82) is 0 Å². The molecule has 9 heteroatoms. The van der Waals surface area contributed by atoms with E-state index < -0.39 is 22.5 Å². The summed E-state index contributed by atoms with van der Waals surface area (Å²) in [6.07, 6.45) is 0. The quantitative estimate of drug-likeness (QED) is 0.255. The molecule has 0 bridgehead atoms. The maximum atomic E-state index is 13.3. The van der Waals surface area contributed by atoms with Crippen molar-refractivity contribution in [3.05, 3.63) is 88.0 Å². The number of methoxy groups -OCH3 is 1. The van der Waals surface area contributed by atoms with Gasteiger partial charge in [-0.15, -0.1) is 0 Å². The predicted molar refractivity (Wildman–Crippen MR) is 133 cm³/mol. The molecule has 0 aliphatic rings. The average Bonchev–Trinajstić information content (AvgIpc) is 2.82. The number of nitrogens with one attached hydrogen (secondary N) is 1. The van der Waals surface area contributed by atoms with Gasteiger partial charge in [0.2, 0.25) is 0 Å². The molecular weight excluding hydrogens is 541 g/mol. The lowest BCUT2D eigenvalue weighted by atomic mass is 10.1. The number of hydrazone groups is 1. The second kappa shape index (κ2) is 10.6. The fraction of sp³-hybridized carbons (Fsp3) is 0.130. The number of amides is 1. The lowest BCUT2D eigenvalue weighted by Gasteiger charge is -2.24. The molecule has 0 fully saturated rings. The summed E-state index contributed by atoms with van der Waals surface area (Å²) < 4.78 is 33.9. The number of hydrogen-bond donors (Lipinski definition) is 1. The van der Waals surface area contributed by atoms with E-state index in [1.165, 1.54) is 19.2 Å². The summed E-state index contributed by atoms with van der Waals surface area (Å²) in [4.78, 5) is 12.8. The molecule has 0 saturated heterocycles. The maximum absolute atomic E-state index is 13.3. The lowest BCUT2D eigenvalue weighted by Crippen LogP contribution is -2.39. The highest BCUT2D eigenvalue weighted by molar-refractivity contribution is 14.1. The van der Waals surface area contributed by atoms with Gasteiger partial charge in [0.05, 0.1) is 23.4 Å². The normalized spacial score (nSPS) is 11.7. The summed E-state index contributed by atoms with van der Waals surface area (Å²) in [5, 5.41) is 4.13. The van der Waals surface area contributed by atoms with Crippen LogP contribution in [0, 0.1) is 3.57 Å². The molecule has 3 aromatic rings. The van der Waals surface area contributed by atoms with E-state index in [2.05, 4.69) is 33.1 Å². The van der Waals surface area contributed by atoms with Gasteiger partial charge in [0.1, 0.15) is 12.3 Å². The first kappa shape index (κ1) is 23.7. The number of rotatable bonds is 8. The fourth-order valence-corrected chi connectivity index (χ4v) is 4.65. The van der Waals surface area contributed by atoms with Crippen LogP contribution in [0.25, 0.3) is 0 Å². The van der Waals surface area contributed by atoms with Crippen LogP contribution in [-0.4, -0.2) is 33.7 Å². The van der Waals surface area contributed by atoms with Crippen LogP contribution >= 0.6 is 22.6 Å². The van der Waals surface area contributed by atoms with Crippen LogP contribution in [-0.2, 0) is 14.8 Å². The molecule has 1 N–H and O–H groups in total. The van der Waals surface area contributed by atoms with Crippen LogP contribution in [0.2, 0.25) is 0 Å². The molecule has 0 spiro atoms. The molecule has 3 aromatic carbocycles. The van der Waals surface area contributed by atoms with E-state index in [0.29, 0.717) is 17.1 Å². The third kappa shape index (κ3) is 5.86. The molecule has 3 rings (SSSR count). The monoisotopic (exact) mass is 563 g/mol. The molecule has 0 aliphatic carbocycles. The first-order valence-electron chi connectivity index (χ1n) is 9.62. The molecule has 32 heavy (non-hydrogen) atoms. The number of halogens is 1. The van der Waals surface area contributed by atoms with Crippen LogP contribution in [0.4, 0.5) is 5.69 Å². The molecule has 166 valence electrons. The van der Waals surface area contributed by atoms with Gasteiger partial charge in [0.15, 0.2) is 0 Å². The van der Waals surface area contributed by atoms with E-state index >= 15 is 0 Å². The largest absolute Gasteiger partial charge is 0.497 e. The minimum atomic E-state index is -3.98. The van der Waals surface area contributed by atoms with Crippen molar-refractivity contribution in [1.82, 2.24) is 5.43 Å². The Morgan fingerprint density at radius 2 is 1.62 bits per heavy atom. The van der Waals surface area contributed by atoms with Crippen molar-refractivity contribution in [3.63, 3.8) is 0 Å². The molecule has 1 amide bonds. The fourth-order valence-electron chi connectivity index (χ4n) is 2.85. The van der Waals surface area contributed by atoms with E-state index in [1.807, 2.05) is 24.3 Å². The molecule has 7 nitrogen and oxygen atoms in total. The van der Waals surface area contributed by atoms with Crippen molar-refractivity contribution in [2.45, 2.75) is 11.8 Å². The van der Waals surface area contributed by atoms with Gasteiger partial charge in [-0.2, -0.15) is 5.10 Å². The van der Waals surface area contributed by atoms with Crippen LogP contribution in [0.5, 0.6) is 5.75 Å². The zero-order valence-electron chi connectivity index (χ0n) is 17.5. The summed E-state index contributed by atoms with van der Waals surface area (Å²) in [7, 11) is -2.46. The van der Waals surface area contributed by atoms with Crippen molar-refractivity contribution in [3.8, 4) is 5.75 Å². The predicted octanol–water partition coefficient (Wildman–Crippen LogP) is 4.04. The zero-order chi connectivity index (χ0) is 23.1. The van der Waals surface area contributed by atoms with Gasteiger partial charge >= 0.3 is 0 Å². The van der Waals surface area contributed by atoms with Gasteiger partial charge in [-0.05, 0) is 83.6 Å². The van der Waals surface area contributed by atoms with Crippen LogP contribution < -0.4 is 14.5 Å². The number of nitrogens with zero attached hydrogens (tertiary/aromatic N) is 2. The first-order chi connectivity index (χ1) is 15.3. The summed E-state index contributed by atoms with van der Waals surface area (Å²) in [5.74, 6) is 0.0122. The van der Waals surface area contributed by atoms with Crippen molar-refractivity contribution < 1.29 is 17.9 Å². The Kier molecular flexibility index (Phi) is 7.86. The molecule has 0 aromatic heterocycles. The number of benzene rings is 3. The Hall–Kier alpha value is -2.92. The SMILES string of the molecule is COc1ccc(N(CC(=O)N/N=C(/C)c2ccc(I)cc2)S(=O)(=O)c2ccccc2)cc1. The van der Waals surface area contributed by atoms with E-state index in [9.17, 15) is 13.2 Å². The summed E-state index contributed by atoms with van der Waals surface area (Å²) in [6.45, 7) is 1.33. The Balaban J connectivity index is 1.85. The van der Waals surface area contributed by atoms with Gasteiger partial charge in [0, 0.05) is 3.57 Å². The van der Waals surface area contributed by atoms with Crippen LogP contribution in [0.3, 0.4) is 0 Å².